The molecule has 1 unspecified atom stereocenters. The molecule has 4 rings (SSSR count). The second-order valence-corrected chi connectivity index (χ2v) is 8.26. The molecule has 1 atom stereocenters. The number of aliphatic carboxylic acids is 1. The highest BCUT2D eigenvalue weighted by Crippen LogP contribution is 2.24. The first-order chi connectivity index (χ1) is 15.8. The van der Waals surface area contributed by atoms with Crippen LogP contribution in [-0.4, -0.2) is 27.6 Å². The van der Waals surface area contributed by atoms with Crippen molar-refractivity contribution in [2.45, 2.75) is 12.5 Å². The highest BCUT2D eigenvalue weighted by Gasteiger charge is 2.23. The van der Waals surface area contributed by atoms with Crippen molar-refractivity contribution in [1.29, 1.82) is 0 Å². The first-order valence-electron chi connectivity index (χ1n) is 10.0. The predicted molar refractivity (Wildman–Crippen MR) is 129 cm³/mol. The molecule has 3 aromatic carbocycles. The normalized spacial score (nSPS) is 11.8. The first kappa shape index (κ1) is 22.6. The van der Waals surface area contributed by atoms with E-state index in [0.717, 1.165) is 10.8 Å². The van der Waals surface area contributed by atoms with Crippen molar-refractivity contribution in [3.63, 3.8) is 0 Å². The number of carboxylic acid groups (broad SMARTS) is 1. The zero-order chi connectivity index (χ0) is 23.5. The van der Waals surface area contributed by atoms with Gasteiger partial charge in [-0.05, 0) is 40.6 Å². The van der Waals surface area contributed by atoms with E-state index >= 15 is 0 Å². The minimum Gasteiger partial charge on any atom is -0.480 e. The van der Waals surface area contributed by atoms with Crippen molar-refractivity contribution in [2.24, 2.45) is 0 Å². The Morgan fingerprint density at radius 3 is 2.18 bits per heavy atom. The largest absolute Gasteiger partial charge is 0.480 e. The standard InChI is InChI=1S/C25H18Cl2N2O4/c26-19-6-3-7-20(27)23(19)24(31)28-21(25(32)33)12-15-8-10-18(11-9-15)29-14-17-5-2-1-4-16(17)13-22(29)30/h1-11,13-14,21H,12H2,(H,28,31)(H,32,33). The van der Waals surface area contributed by atoms with Crippen LogP contribution in [0, 0.1) is 0 Å². The molecule has 6 nitrogen and oxygen atoms in total. The quantitative estimate of drug-likeness (QED) is 0.417. The monoisotopic (exact) mass is 480 g/mol. The highest BCUT2D eigenvalue weighted by molar-refractivity contribution is 6.39. The number of halogens is 2. The maximum Gasteiger partial charge on any atom is 0.326 e. The van der Waals surface area contributed by atoms with E-state index < -0.39 is 17.9 Å². The number of pyridine rings is 1. The van der Waals surface area contributed by atoms with Crippen molar-refractivity contribution in [3.8, 4) is 5.69 Å². The van der Waals surface area contributed by atoms with E-state index in [4.69, 9.17) is 23.2 Å². The summed E-state index contributed by atoms with van der Waals surface area (Å²) in [6.07, 6.45) is 1.80. The van der Waals surface area contributed by atoms with Gasteiger partial charge in [-0.2, -0.15) is 0 Å². The van der Waals surface area contributed by atoms with Crippen LogP contribution in [0.1, 0.15) is 15.9 Å². The molecule has 8 heteroatoms. The summed E-state index contributed by atoms with van der Waals surface area (Å²) in [5, 5.41) is 14.1. The number of benzene rings is 3. The maximum atomic E-state index is 12.6. The lowest BCUT2D eigenvalue weighted by atomic mass is 10.0. The summed E-state index contributed by atoms with van der Waals surface area (Å²) >= 11 is 12.1. The molecule has 166 valence electrons. The van der Waals surface area contributed by atoms with Crippen LogP contribution in [0.15, 0.2) is 83.8 Å². The molecule has 4 aromatic rings. The average Bonchev–Trinajstić information content (AvgIpc) is 2.78. The van der Waals surface area contributed by atoms with Crippen molar-refractivity contribution in [1.82, 2.24) is 9.88 Å². The molecule has 33 heavy (non-hydrogen) atoms. The fourth-order valence-corrected chi connectivity index (χ4v) is 4.11. The van der Waals surface area contributed by atoms with Crippen molar-refractivity contribution in [3.05, 3.63) is 111 Å². The number of aromatic nitrogens is 1. The van der Waals surface area contributed by atoms with E-state index in [1.165, 1.54) is 16.7 Å². The van der Waals surface area contributed by atoms with Gasteiger partial charge in [-0.15, -0.1) is 0 Å². The van der Waals surface area contributed by atoms with Crippen LogP contribution >= 0.6 is 23.2 Å². The molecule has 1 amide bonds. The van der Waals surface area contributed by atoms with Gasteiger partial charge in [-0.3, -0.25) is 14.2 Å². The molecule has 0 aliphatic carbocycles. The Hall–Kier alpha value is -3.61. The summed E-state index contributed by atoms with van der Waals surface area (Å²) < 4.78 is 1.53. The number of amides is 1. The third-order valence-electron chi connectivity index (χ3n) is 5.23. The van der Waals surface area contributed by atoms with Crippen LogP contribution < -0.4 is 10.9 Å². The molecule has 1 aromatic heterocycles. The average molecular weight is 481 g/mol. The van der Waals surface area contributed by atoms with Crippen LogP contribution in [-0.2, 0) is 11.2 Å². The molecule has 0 bridgehead atoms. The molecule has 0 aliphatic heterocycles. The van der Waals surface area contributed by atoms with Gasteiger partial charge >= 0.3 is 5.97 Å². The van der Waals surface area contributed by atoms with Gasteiger partial charge in [0.05, 0.1) is 15.6 Å². The Morgan fingerprint density at radius 2 is 1.55 bits per heavy atom. The molecule has 0 aliphatic rings. The number of fused-ring (bicyclic) bond motifs is 1. The minimum atomic E-state index is -1.20. The van der Waals surface area contributed by atoms with Crippen LogP contribution in [0.4, 0.5) is 0 Å². The van der Waals surface area contributed by atoms with E-state index in [0.29, 0.717) is 11.3 Å². The smallest absolute Gasteiger partial charge is 0.326 e. The van der Waals surface area contributed by atoms with E-state index in [-0.39, 0.29) is 27.6 Å². The van der Waals surface area contributed by atoms with Crippen molar-refractivity contribution in [2.75, 3.05) is 0 Å². The van der Waals surface area contributed by atoms with Crippen LogP contribution in [0.5, 0.6) is 0 Å². The topological polar surface area (TPSA) is 88.4 Å². The Kier molecular flexibility index (Phi) is 6.49. The maximum absolute atomic E-state index is 12.6. The highest BCUT2D eigenvalue weighted by atomic mass is 35.5. The van der Waals surface area contributed by atoms with Gasteiger partial charge in [-0.25, -0.2) is 4.79 Å². The molecule has 2 N–H and O–H groups in total. The summed E-state index contributed by atoms with van der Waals surface area (Å²) in [7, 11) is 0. The van der Waals surface area contributed by atoms with E-state index in [1.54, 1.807) is 42.6 Å². The molecule has 0 fully saturated rings. The molecule has 1 heterocycles. The second kappa shape index (κ2) is 9.48. The Labute approximate surface area is 199 Å². The van der Waals surface area contributed by atoms with Crippen LogP contribution in [0.25, 0.3) is 16.5 Å². The Bertz CT molecular complexity index is 1390. The van der Waals surface area contributed by atoms with Gasteiger partial charge in [0.1, 0.15) is 6.04 Å². The number of carbonyl (C=O) groups excluding carboxylic acids is 1. The number of carbonyl (C=O) groups is 2. The fourth-order valence-electron chi connectivity index (χ4n) is 3.54. The lowest BCUT2D eigenvalue weighted by Crippen LogP contribution is -2.42. The van der Waals surface area contributed by atoms with Gasteiger partial charge in [0.15, 0.2) is 0 Å². The van der Waals surface area contributed by atoms with E-state index in [1.807, 2.05) is 24.3 Å². The van der Waals surface area contributed by atoms with Gasteiger partial charge in [-0.1, -0.05) is 65.7 Å². The third kappa shape index (κ3) is 4.92. The Balaban J connectivity index is 1.55. The van der Waals surface area contributed by atoms with Gasteiger partial charge < -0.3 is 10.4 Å². The third-order valence-corrected chi connectivity index (χ3v) is 5.86. The van der Waals surface area contributed by atoms with Crippen LogP contribution in [0.3, 0.4) is 0 Å². The SMILES string of the molecule is O=C(NC(Cc1ccc(-n2cc3ccccc3cc2=O)cc1)C(=O)O)c1c(Cl)cccc1Cl. The van der Waals surface area contributed by atoms with Crippen LogP contribution in [0.2, 0.25) is 10.0 Å². The van der Waals surface area contributed by atoms with Gasteiger partial charge in [0.25, 0.3) is 11.5 Å². The summed E-state index contributed by atoms with van der Waals surface area (Å²) in [6.45, 7) is 0. The summed E-state index contributed by atoms with van der Waals surface area (Å²) in [4.78, 5) is 36.9. The van der Waals surface area contributed by atoms with Gasteiger partial charge in [0.2, 0.25) is 0 Å². The second-order valence-electron chi connectivity index (χ2n) is 7.44. The number of hydrogen-bond acceptors (Lipinski definition) is 3. The van der Waals surface area contributed by atoms with Crippen molar-refractivity contribution < 1.29 is 14.7 Å². The predicted octanol–water partition coefficient (Wildman–Crippen LogP) is 4.72. The number of hydrogen-bond donors (Lipinski definition) is 2. The number of nitrogens with zero attached hydrogens (tertiary/aromatic N) is 1. The Morgan fingerprint density at radius 1 is 0.909 bits per heavy atom. The number of carboxylic acids is 1. The zero-order valence-corrected chi connectivity index (χ0v) is 18.7. The zero-order valence-electron chi connectivity index (χ0n) is 17.2. The summed E-state index contributed by atoms with van der Waals surface area (Å²) in [5.41, 5.74) is 1.17. The van der Waals surface area contributed by atoms with E-state index in [9.17, 15) is 19.5 Å². The summed E-state index contributed by atoms with van der Waals surface area (Å²) in [6, 6.07) is 19.5. The molecular weight excluding hydrogens is 463 g/mol. The van der Waals surface area contributed by atoms with E-state index in [2.05, 4.69) is 5.32 Å². The lowest BCUT2D eigenvalue weighted by molar-refractivity contribution is -0.139. The molecule has 0 saturated carbocycles. The lowest BCUT2D eigenvalue weighted by Gasteiger charge is -2.16. The minimum absolute atomic E-state index is 0.0260. The van der Waals surface area contributed by atoms with Crippen molar-refractivity contribution >= 4 is 45.9 Å². The first-order valence-corrected chi connectivity index (χ1v) is 10.8. The van der Waals surface area contributed by atoms with Gasteiger partial charge in [0, 0.05) is 24.4 Å². The molecular formula is C25H18Cl2N2O4. The molecule has 0 spiro atoms. The molecule has 0 radical (unpaired) electrons. The fraction of sp³-hybridized carbons (Fsp3) is 0.0800. The molecule has 0 saturated heterocycles. The number of rotatable bonds is 6. The number of nitrogens with one attached hydrogen (secondary N) is 1. The summed E-state index contributed by atoms with van der Waals surface area (Å²) in [5.74, 6) is -1.86.